The van der Waals surface area contributed by atoms with Gasteiger partial charge in [-0.05, 0) is 66.3 Å². The largest absolute Gasteiger partial charge is 0.338 e. The molecule has 180 valence electrons. The number of benzene rings is 3. The minimum atomic E-state index is -1.56. The number of anilines is 1. The number of nitrogens with zero attached hydrogens (tertiary/aromatic N) is 2. The van der Waals surface area contributed by atoms with Crippen molar-refractivity contribution >= 4 is 39.9 Å². The SMILES string of the molecule is C[C@@H]1C[C@H](C)CN(C(=O)c2ccc3c(c2)N(Cc2ccc(Cl)cc2)C(=O)c2ccccc2[S@]3=O)C1. The van der Waals surface area contributed by atoms with Crippen LogP contribution in [0.4, 0.5) is 5.69 Å². The normalized spacial score (nSPS) is 21.8. The van der Waals surface area contributed by atoms with Gasteiger partial charge < -0.3 is 9.80 Å². The van der Waals surface area contributed by atoms with E-state index in [0.717, 1.165) is 12.0 Å². The number of hydrogen-bond donors (Lipinski definition) is 0. The van der Waals surface area contributed by atoms with Gasteiger partial charge in [-0.2, -0.15) is 0 Å². The zero-order chi connectivity index (χ0) is 24.7. The van der Waals surface area contributed by atoms with E-state index in [0.29, 0.717) is 56.6 Å². The molecule has 5 rings (SSSR count). The van der Waals surface area contributed by atoms with Crippen LogP contribution in [0.15, 0.2) is 76.5 Å². The average molecular weight is 507 g/mol. The summed E-state index contributed by atoms with van der Waals surface area (Å²) >= 11 is 6.06. The molecule has 7 heteroatoms. The molecule has 0 N–H and O–H groups in total. The molecule has 5 nitrogen and oxygen atoms in total. The molecule has 0 aliphatic carbocycles. The first-order valence-electron chi connectivity index (χ1n) is 11.8. The number of likely N-dealkylation sites (tertiary alicyclic amines) is 1. The Hall–Kier alpha value is -2.96. The van der Waals surface area contributed by atoms with Crippen molar-refractivity contribution < 1.29 is 13.8 Å². The molecule has 2 amide bonds. The highest BCUT2D eigenvalue weighted by Crippen LogP contribution is 2.36. The quantitative estimate of drug-likeness (QED) is 0.452. The van der Waals surface area contributed by atoms with Gasteiger partial charge in [-0.15, -0.1) is 0 Å². The van der Waals surface area contributed by atoms with Crippen LogP contribution in [0, 0.1) is 11.8 Å². The van der Waals surface area contributed by atoms with E-state index in [9.17, 15) is 13.8 Å². The van der Waals surface area contributed by atoms with Crippen molar-refractivity contribution in [2.24, 2.45) is 11.8 Å². The lowest BCUT2D eigenvalue weighted by atomic mass is 9.91. The van der Waals surface area contributed by atoms with E-state index in [1.54, 1.807) is 59.5 Å². The molecular weight excluding hydrogens is 480 g/mol. The van der Waals surface area contributed by atoms with Gasteiger partial charge in [0.15, 0.2) is 0 Å². The molecule has 0 saturated carbocycles. The van der Waals surface area contributed by atoms with Gasteiger partial charge in [0.05, 0.1) is 38.4 Å². The summed E-state index contributed by atoms with van der Waals surface area (Å²) in [6.45, 7) is 6.03. The van der Waals surface area contributed by atoms with Crippen LogP contribution in [0.25, 0.3) is 0 Å². The lowest BCUT2D eigenvalue weighted by molar-refractivity contribution is 0.0623. The molecule has 0 spiro atoms. The number of piperidine rings is 1. The van der Waals surface area contributed by atoms with Gasteiger partial charge in [0, 0.05) is 23.7 Å². The predicted octanol–water partition coefficient (Wildman–Crippen LogP) is 5.79. The van der Waals surface area contributed by atoms with Gasteiger partial charge in [-0.25, -0.2) is 4.21 Å². The van der Waals surface area contributed by atoms with Gasteiger partial charge in [0.25, 0.3) is 11.8 Å². The molecule has 3 atom stereocenters. The van der Waals surface area contributed by atoms with Crippen molar-refractivity contribution in [3.05, 3.63) is 88.4 Å². The summed E-state index contributed by atoms with van der Waals surface area (Å²) in [5.41, 5.74) is 2.29. The number of fused-ring (bicyclic) bond motifs is 2. The topological polar surface area (TPSA) is 57.7 Å². The molecule has 1 saturated heterocycles. The monoisotopic (exact) mass is 506 g/mol. The van der Waals surface area contributed by atoms with Crippen LogP contribution in [-0.4, -0.2) is 34.0 Å². The number of carbonyl (C=O) groups is 2. The molecule has 2 heterocycles. The maximum absolute atomic E-state index is 13.8. The summed E-state index contributed by atoms with van der Waals surface area (Å²) in [6.07, 6.45) is 1.11. The number of hydrogen-bond acceptors (Lipinski definition) is 3. The molecule has 2 aliphatic heterocycles. The third-order valence-electron chi connectivity index (χ3n) is 6.67. The van der Waals surface area contributed by atoms with Crippen LogP contribution < -0.4 is 4.90 Å². The molecule has 1 fully saturated rings. The summed E-state index contributed by atoms with van der Waals surface area (Å²) in [6, 6.07) is 19.5. The van der Waals surface area contributed by atoms with Crippen LogP contribution in [0.3, 0.4) is 0 Å². The van der Waals surface area contributed by atoms with E-state index in [-0.39, 0.29) is 18.4 Å². The number of amides is 2. The van der Waals surface area contributed by atoms with Gasteiger partial charge in [0.2, 0.25) is 0 Å². The first kappa shape index (κ1) is 23.8. The van der Waals surface area contributed by atoms with Crippen molar-refractivity contribution in [2.45, 2.75) is 36.6 Å². The molecule has 0 aromatic heterocycles. The van der Waals surface area contributed by atoms with Crippen molar-refractivity contribution in [3.8, 4) is 0 Å². The van der Waals surface area contributed by atoms with Gasteiger partial charge in [-0.3, -0.25) is 9.59 Å². The number of rotatable bonds is 3. The van der Waals surface area contributed by atoms with Crippen LogP contribution in [0.1, 0.15) is 46.5 Å². The second kappa shape index (κ2) is 9.59. The first-order valence-corrected chi connectivity index (χ1v) is 13.3. The maximum atomic E-state index is 13.8. The molecule has 35 heavy (non-hydrogen) atoms. The maximum Gasteiger partial charge on any atom is 0.259 e. The molecule has 0 radical (unpaired) electrons. The highest BCUT2D eigenvalue weighted by atomic mass is 35.5. The minimum absolute atomic E-state index is 0.0577. The van der Waals surface area contributed by atoms with Crippen LogP contribution in [0.2, 0.25) is 5.02 Å². The zero-order valence-corrected chi connectivity index (χ0v) is 21.3. The van der Waals surface area contributed by atoms with E-state index >= 15 is 0 Å². The summed E-state index contributed by atoms with van der Waals surface area (Å²) in [4.78, 5) is 31.8. The third kappa shape index (κ3) is 4.65. The molecular formula is C28H27ClN2O3S. The Bertz CT molecular complexity index is 1310. The highest BCUT2D eigenvalue weighted by molar-refractivity contribution is 7.85. The summed E-state index contributed by atoms with van der Waals surface area (Å²) in [5.74, 6) is 0.576. The van der Waals surface area contributed by atoms with Crippen molar-refractivity contribution in [2.75, 3.05) is 18.0 Å². The lowest BCUT2D eigenvalue weighted by Gasteiger charge is -2.35. The Balaban J connectivity index is 1.60. The van der Waals surface area contributed by atoms with E-state index < -0.39 is 10.8 Å². The van der Waals surface area contributed by atoms with Crippen LogP contribution in [-0.2, 0) is 17.3 Å². The Morgan fingerprint density at radius 1 is 0.971 bits per heavy atom. The van der Waals surface area contributed by atoms with Crippen molar-refractivity contribution in [1.82, 2.24) is 4.90 Å². The van der Waals surface area contributed by atoms with Crippen molar-refractivity contribution in [1.29, 1.82) is 0 Å². The zero-order valence-electron chi connectivity index (χ0n) is 19.7. The summed E-state index contributed by atoms with van der Waals surface area (Å²) in [7, 11) is -1.56. The molecule has 2 aliphatic rings. The highest BCUT2D eigenvalue weighted by Gasteiger charge is 2.33. The fraction of sp³-hybridized carbons (Fsp3) is 0.286. The second-order valence-electron chi connectivity index (χ2n) is 9.62. The fourth-order valence-corrected chi connectivity index (χ4v) is 6.61. The molecule has 0 bridgehead atoms. The van der Waals surface area contributed by atoms with E-state index in [2.05, 4.69) is 13.8 Å². The number of carbonyl (C=O) groups excluding carboxylic acids is 2. The summed E-state index contributed by atoms with van der Waals surface area (Å²) < 4.78 is 13.6. The Labute approximate surface area is 213 Å². The van der Waals surface area contributed by atoms with Gasteiger partial charge >= 0.3 is 0 Å². The standard InChI is InChI=1S/C28H27ClN2O3S/c1-18-13-19(2)16-30(15-18)27(32)21-9-12-26-24(14-21)31(17-20-7-10-22(29)11-8-20)28(33)23-5-3-4-6-25(23)35(26)34/h3-12,14,18-19H,13,15-17H2,1-2H3/t18-,19+,35-/m1/s1. The Kier molecular flexibility index (Phi) is 6.51. The van der Waals surface area contributed by atoms with E-state index in [1.165, 1.54) is 0 Å². The third-order valence-corrected chi connectivity index (χ3v) is 8.42. The van der Waals surface area contributed by atoms with Gasteiger partial charge in [0.1, 0.15) is 0 Å². The van der Waals surface area contributed by atoms with E-state index in [1.807, 2.05) is 17.0 Å². The average Bonchev–Trinajstić information content (AvgIpc) is 2.93. The van der Waals surface area contributed by atoms with Crippen LogP contribution >= 0.6 is 11.6 Å². The smallest absolute Gasteiger partial charge is 0.259 e. The molecule has 3 aromatic carbocycles. The Morgan fingerprint density at radius 3 is 2.37 bits per heavy atom. The predicted molar refractivity (Wildman–Crippen MR) is 138 cm³/mol. The van der Waals surface area contributed by atoms with E-state index in [4.69, 9.17) is 11.6 Å². The van der Waals surface area contributed by atoms with Crippen molar-refractivity contribution in [3.63, 3.8) is 0 Å². The first-order chi connectivity index (χ1) is 16.8. The van der Waals surface area contributed by atoms with Gasteiger partial charge in [-0.1, -0.05) is 49.7 Å². The lowest BCUT2D eigenvalue weighted by Crippen LogP contribution is -2.42. The fourth-order valence-electron chi connectivity index (χ4n) is 5.14. The van der Waals surface area contributed by atoms with Crippen LogP contribution in [0.5, 0.6) is 0 Å². The second-order valence-corrected chi connectivity index (χ2v) is 11.5. The summed E-state index contributed by atoms with van der Waals surface area (Å²) in [5, 5.41) is 0.612. The Morgan fingerprint density at radius 2 is 1.66 bits per heavy atom. The number of halogens is 1. The minimum Gasteiger partial charge on any atom is -0.338 e. The molecule has 3 aromatic rings. The molecule has 0 unspecified atom stereocenters.